The first-order chi connectivity index (χ1) is 12.0. The fourth-order valence-corrected chi connectivity index (χ4v) is 3.29. The van der Waals surface area contributed by atoms with Crippen molar-refractivity contribution in [3.05, 3.63) is 58.4 Å². The van der Waals surface area contributed by atoms with Gasteiger partial charge in [0.2, 0.25) is 5.91 Å². The number of methoxy groups -OCH3 is 1. The fraction of sp³-hybridized carbons (Fsp3) is 0.316. The predicted octanol–water partition coefficient (Wildman–Crippen LogP) is 3.88. The highest BCUT2D eigenvalue weighted by Crippen LogP contribution is 2.31. The van der Waals surface area contributed by atoms with Crippen molar-refractivity contribution >= 4 is 23.2 Å². The highest BCUT2D eigenvalue weighted by atomic mass is 35.5. The van der Waals surface area contributed by atoms with Crippen LogP contribution in [0.15, 0.2) is 36.4 Å². The van der Waals surface area contributed by atoms with Crippen LogP contribution in [0.5, 0.6) is 5.75 Å². The second-order valence-corrected chi connectivity index (χ2v) is 6.69. The number of hydrogen-bond donors (Lipinski definition) is 2. The van der Waals surface area contributed by atoms with Gasteiger partial charge in [-0.25, -0.2) is 4.39 Å². The molecule has 1 aliphatic heterocycles. The lowest BCUT2D eigenvalue weighted by atomic mass is 9.95. The van der Waals surface area contributed by atoms with Gasteiger partial charge < -0.3 is 15.4 Å². The molecular formula is C19H20ClFN2O2. The van der Waals surface area contributed by atoms with E-state index in [1.54, 1.807) is 19.2 Å². The molecule has 1 heterocycles. The van der Waals surface area contributed by atoms with Crippen LogP contribution in [0.4, 0.5) is 10.1 Å². The Hall–Kier alpha value is -2.11. The smallest absolute Gasteiger partial charge is 0.241 e. The molecule has 1 amide bonds. The standard InChI is InChI=1S/C19H20ClFN2O2/c1-11-3-6-16(18(7-11)25-2)23-19(24)17-8-12(10-22-17)14-5-4-13(20)9-15(14)21/h3-7,9,12,17,22H,8,10H2,1-2H3,(H,23,24)/t12-,17-/m0/s1. The van der Waals surface area contributed by atoms with Crippen molar-refractivity contribution in [2.45, 2.75) is 25.3 Å². The third kappa shape index (κ3) is 3.94. The Labute approximate surface area is 151 Å². The minimum Gasteiger partial charge on any atom is -0.495 e. The zero-order valence-corrected chi connectivity index (χ0v) is 14.9. The Morgan fingerprint density at radius 1 is 1.32 bits per heavy atom. The molecule has 2 atom stereocenters. The molecule has 2 aromatic rings. The quantitative estimate of drug-likeness (QED) is 0.867. The topological polar surface area (TPSA) is 50.4 Å². The van der Waals surface area contributed by atoms with Crippen LogP contribution in [-0.2, 0) is 4.79 Å². The van der Waals surface area contributed by atoms with Crippen molar-refractivity contribution in [3.63, 3.8) is 0 Å². The number of anilines is 1. The molecule has 1 saturated heterocycles. The highest BCUT2D eigenvalue weighted by molar-refractivity contribution is 6.30. The van der Waals surface area contributed by atoms with Gasteiger partial charge in [0.1, 0.15) is 11.6 Å². The molecule has 3 rings (SSSR count). The molecule has 25 heavy (non-hydrogen) atoms. The SMILES string of the molecule is COc1cc(C)ccc1NC(=O)[C@@H]1C[C@H](c2ccc(Cl)cc2F)CN1. The highest BCUT2D eigenvalue weighted by Gasteiger charge is 2.32. The molecular weight excluding hydrogens is 343 g/mol. The minimum atomic E-state index is -0.383. The molecule has 0 spiro atoms. The van der Waals surface area contributed by atoms with Crippen molar-refractivity contribution in [1.82, 2.24) is 5.32 Å². The molecule has 4 nitrogen and oxygen atoms in total. The van der Waals surface area contributed by atoms with Crippen molar-refractivity contribution < 1.29 is 13.9 Å². The first kappa shape index (κ1) is 17.7. The van der Waals surface area contributed by atoms with Crippen molar-refractivity contribution in [2.75, 3.05) is 19.0 Å². The number of ether oxygens (including phenoxy) is 1. The summed E-state index contributed by atoms with van der Waals surface area (Å²) in [5.41, 5.74) is 2.26. The van der Waals surface area contributed by atoms with Crippen LogP contribution in [0.2, 0.25) is 5.02 Å². The van der Waals surface area contributed by atoms with E-state index in [-0.39, 0.29) is 23.7 Å². The van der Waals surface area contributed by atoms with Crippen molar-refractivity contribution in [2.24, 2.45) is 0 Å². The lowest BCUT2D eigenvalue weighted by Crippen LogP contribution is -2.35. The van der Waals surface area contributed by atoms with E-state index in [1.165, 1.54) is 6.07 Å². The number of carbonyl (C=O) groups is 1. The van der Waals surface area contributed by atoms with Crippen LogP contribution in [0.25, 0.3) is 0 Å². The Morgan fingerprint density at radius 3 is 2.84 bits per heavy atom. The summed E-state index contributed by atoms with van der Waals surface area (Å²) in [7, 11) is 1.57. The van der Waals surface area contributed by atoms with Crippen molar-refractivity contribution in [1.29, 1.82) is 0 Å². The number of amides is 1. The van der Waals surface area contributed by atoms with E-state index in [1.807, 2.05) is 25.1 Å². The summed E-state index contributed by atoms with van der Waals surface area (Å²) in [5, 5.41) is 6.42. The van der Waals surface area contributed by atoms with E-state index in [4.69, 9.17) is 16.3 Å². The van der Waals surface area contributed by atoms with Crippen molar-refractivity contribution in [3.8, 4) is 5.75 Å². The van der Waals surface area contributed by atoms with E-state index in [0.717, 1.165) is 5.56 Å². The van der Waals surface area contributed by atoms with Gasteiger partial charge in [-0.05, 0) is 48.7 Å². The van der Waals surface area contributed by atoms with Crippen LogP contribution >= 0.6 is 11.6 Å². The molecule has 1 aliphatic rings. The van der Waals surface area contributed by atoms with Crippen LogP contribution in [0.1, 0.15) is 23.5 Å². The molecule has 2 aromatic carbocycles. The van der Waals surface area contributed by atoms with Crippen LogP contribution < -0.4 is 15.4 Å². The first-order valence-corrected chi connectivity index (χ1v) is 8.49. The van der Waals surface area contributed by atoms with Gasteiger partial charge in [0, 0.05) is 17.5 Å². The van der Waals surface area contributed by atoms with Gasteiger partial charge in [-0.15, -0.1) is 0 Å². The van der Waals surface area contributed by atoms with Gasteiger partial charge in [0.05, 0.1) is 18.8 Å². The minimum absolute atomic E-state index is 0.0621. The summed E-state index contributed by atoms with van der Waals surface area (Å²) in [6.45, 7) is 2.50. The van der Waals surface area contributed by atoms with Gasteiger partial charge >= 0.3 is 0 Å². The maximum atomic E-state index is 14.1. The molecule has 132 valence electrons. The summed E-state index contributed by atoms with van der Waals surface area (Å²) < 4.78 is 19.4. The molecule has 0 unspecified atom stereocenters. The maximum absolute atomic E-state index is 14.1. The first-order valence-electron chi connectivity index (χ1n) is 8.11. The van der Waals surface area contributed by atoms with E-state index in [2.05, 4.69) is 10.6 Å². The average molecular weight is 363 g/mol. The van der Waals surface area contributed by atoms with Gasteiger partial charge in [-0.3, -0.25) is 4.79 Å². The zero-order valence-electron chi connectivity index (χ0n) is 14.1. The van der Waals surface area contributed by atoms with Gasteiger partial charge in [-0.1, -0.05) is 23.7 Å². The maximum Gasteiger partial charge on any atom is 0.241 e. The Kier molecular flexibility index (Phi) is 5.25. The van der Waals surface area contributed by atoms with E-state index in [0.29, 0.717) is 35.0 Å². The third-order valence-electron chi connectivity index (χ3n) is 4.46. The Balaban J connectivity index is 1.68. The lowest BCUT2D eigenvalue weighted by molar-refractivity contribution is -0.117. The molecule has 1 fully saturated rings. The Bertz CT molecular complexity index is 797. The predicted molar refractivity (Wildman–Crippen MR) is 96.9 cm³/mol. The summed E-state index contributed by atoms with van der Waals surface area (Å²) in [4.78, 5) is 12.5. The molecule has 0 bridgehead atoms. The van der Waals surface area contributed by atoms with E-state index < -0.39 is 0 Å². The summed E-state index contributed by atoms with van der Waals surface area (Å²) >= 11 is 5.80. The number of aryl methyl sites for hydroxylation is 1. The van der Waals surface area contributed by atoms with Crippen LogP contribution in [-0.4, -0.2) is 25.6 Å². The molecule has 0 aromatic heterocycles. The number of rotatable bonds is 4. The number of carbonyl (C=O) groups excluding carboxylic acids is 1. The normalized spacial score (nSPS) is 19.7. The summed E-state index contributed by atoms with van der Waals surface area (Å²) in [6.07, 6.45) is 0.526. The van der Waals surface area contributed by atoms with E-state index >= 15 is 0 Å². The van der Waals surface area contributed by atoms with Gasteiger partial charge in [0.25, 0.3) is 0 Å². The zero-order chi connectivity index (χ0) is 18.0. The monoisotopic (exact) mass is 362 g/mol. The van der Waals surface area contributed by atoms with Gasteiger partial charge in [0.15, 0.2) is 0 Å². The van der Waals surface area contributed by atoms with Crippen LogP contribution in [0.3, 0.4) is 0 Å². The number of halogens is 2. The molecule has 0 radical (unpaired) electrons. The molecule has 6 heteroatoms. The third-order valence-corrected chi connectivity index (χ3v) is 4.70. The second kappa shape index (κ2) is 7.42. The van der Waals surface area contributed by atoms with Crippen LogP contribution in [0, 0.1) is 12.7 Å². The number of benzene rings is 2. The Morgan fingerprint density at radius 2 is 2.12 bits per heavy atom. The molecule has 0 saturated carbocycles. The summed E-state index contributed by atoms with van der Waals surface area (Å²) in [5.74, 6) is 0.0687. The summed E-state index contributed by atoms with van der Waals surface area (Å²) in [6, 6.07) is 9.87. The average Bonchev–Trinajstić information content (AvgIpc) is 3.06. The fourth-order valence-electron chi connectivity index (χ4n) is 3.13. The van der Waals surface area contributed by atoms with E-state index in [9.17, 15) is 9.18 Å². The number of nitrogens with one attached hydrogen (secondary N) is 2. The molecule has 0 aliphatic carbocycles. The second-order valence-electron chi connectivity index (χ2n) is 6.25. The lowest BCUT2D eigenvalue weighted by Gasteiger charge is -2.15. The van der Waals surface area contributed by atoms with Gasteiger partial charge in [-0.2, -0.15) is 0 Å². The number of hydrogen-bond acceptors (Lipinski definition) is 3. The molecule has 2 N–H and O–H groups in total. The largest absolute Gasteiger partial charge is 0.495 e.